The molecule has 1 aliphatic heterocycles. The molecule has 4 heteroatoms. The van der Waals surface area contributed by atoms with E-state index >= 15 is 0 Å². The summed E-state index contributed by atoms with van der Waals surface area (Å²) in [6, 6.07) is 0.150. The summed E-state index contributed by atoms with van der Waals surface area (Å²) in [7, 11) is 0. The fourth-order valence-corrected chi connectivity index (χ4v) is 2.76. The molecular weight excluding hydrogens is 204 g/mol. The molecule has 0 aromatic carbocycles. The standard InChI is InChI=1S/C12H26N2O2/c1-6-15-8-10(14-13)9-7-11(2,3)16-12(9,4)5/h9-10,14H,6-8,13H2,1-5H3. The largest absolute Gasteiger partial charge is 0.380 e. The molecule has 0 amide bonds. The Balaban J connectivity index is 2.69. The van der Waals surface area contributed by atoms with Crippen molar-refractivity contribution in [3.8, 4) is 0 Å². The quantitative estimate of drug-likeness (QED) is 0.554. The van der Waals surface area contributed by atoms with E-state index in [-0.39, 0.29) is 17.2 Å². The molecule has 1 saturated heterocycles. The second kappa shape index (κ2) is 5.00. The predicted molar refractivity (Wildman–Crippen MR) is 65.0 cm³/mol. The molecule has 1 fully saturated rings. The van der Waals surface area contributed by atoms with E-state index in [1.807, 2.05) is 6.92 Å². The minimum absolute atomic E-state index is 0.0739. The first-order valence-electron chi connectivity index (χ1n) is 6.06. The smallest absolute Gasteiger partial charge is 0.0679 e. The lowest BCUT2D eigenvalue weighted by molar-refractivity contribution is -0.0803. The van der Waals surface area contributed by atoms with E-state index in [2.05, 4.69) is 33.1 Å². The lowest BCUT2D eigenvalue weighted by atomic mass is 9.82. The maximum absolute atomic E-state index is 6.06. The zero-order valence-electron chi connectivity index (χ0n) is 11.2. The van der Waals surface area contributed by atoms with Crippen LogP contribution in [-0.2, 0) is 9.47 Å². The Kier molecular flexibility index (Phi) is 4.35. The first-order valence-corrected chi connectivity index (χ1v) is 6.06. The Morgan fingerprint density at radius 3 is 2.44 bits per heavy atom. The lowest BCUT2D eigenvalue weighted by Crippen LogP contribution is -2.49. The molecule has 4 nitrogen and oxygen atoms in total. The van der Waals surface area contributed by atoms with Crippen LogP contribution in [0.15, 0.2) is 0 Å². The van der Waals surface area contributed by atoms with E-state index in [1.165, 1.54) is 0 Å². The highest BCUT2D eigenvalue weighted by molar-refractivity contribution is 4.99. The van der Waals surface area contributed by atoms with Crippen LogP contribution in [0.3, 0.4) is 0 Å². The number of ether oxygens (including phenoxy) is 2. The Hall–Kier alpha value is -0.160. The van der Waals surface area contributed by atoms with Gasteiger partial charge in [-0.15, -0.1) is 0 Å². The lowest BCUT2D eigenvalue weighted by Gasteiger charge is -2.32. The molecule has 2 unspecified atom stereocenters. The van der Waals surface area contributed by atoms with Gasteiger partial charge in [0, 0.05) is 12.5 Å². The third-order valence-electron chi connectivity index (χ3n) is 3.35. The molecule has 2 atom stereocenters. The van der Waals surface area contributed by atoms with Gasteiger partial charge in [-0.2, -0.15) is 0 Å². The molecule has 0 bridgehead atoms. The van der Waals surface area contributed by atoms with Crippen LogP contribution in [0, 0.1) is 5.92 Å². The van der Waals surface area contributed by atoms with E-state index in [9.17, 15) is 0 Å². The van der Waals surface area contributed by atoms with E-state index in [0.29, 0.717) is 12.5 Å². The van der Waals surface area contributed by atoms with Crippen LogP contribution in [0.25, 0.3) is 0 Å². The molecule has 0 aromatic rings. The van der Waals surface area contributed by atoms with Crippen LogP contribution in [-0.4, -0.2) is 30.5 Å². The molecule has 0 aliphatic carbocycles. The van der Waals surface area contributed by atoms with E-state index in [4.69, 9.17) is 15.3 Å². The highest BCUT2D eigenvalue weighted by Gasteiger charge is 2.48. The minimum atomic E-state index is -0.155. The minimum Gasteiger partial charge on any atom is -0.380 e. The maximum atomic E-state index is 6.06. The van der Waals surface area contributed by atoms with Gasteiger partial charge < -0.3 is 9.47 Å². The van der Waals surface area contributed by atoms with Crippen molar-refractivity contribution in [2.75, 3.05) is 13.2 Å². The molecule has 0 aromatic heterocycles. The molecule has 3 N–H and O–H groups in total. The number of rotatable bonds is 5. The second-order valence-corrected chi connectivity index (χ2v) is 5.71. The van der Waals surface area contributed by atoms with Crippen molar-refractivity contribution < 1.29 is 9.47 Å². The number of hydrogen-bond donors (Lipinski definition) is 2. The van der Waals surface area contributed by atoms with Crippen LogP contribution in [0.2, 0.25) is 0 Å². The SMILES string of the molecule is CCOCC(NN)C1CC(C)(C)OC1(C)C. The molecule has 96 valence electrons. The van der Waals surface area contributed by atoms with Gasteiger partial charge >= 0.3 is 0 Å². The van der Waals surface area contributed by atoms with Crippen molar-refractivity contribution in [1.82, 2.24) is 5.43 Å². The van der Waals surface area contributed by atoms with Crippen molar-refractivity contribution in [3.05, 3.63) is 0 Å². The number of nitrogens with two attached hydrogens (primary N) is 1. The monoisotopic (exact) mass is 230 g/mol. The highest BCUT2D eigenvalue weighted by Crippen LogP contribution is 2.43. The first kappa shape index (κ1) is 13.9. The highest BCUT2D eigenvalue weighted by atomic mass is 16.5. The van der Waals surface area contributed by atoms with Gasteiger partial charge in [0.05, 0.1) is 23.9 Å². The summed E-state index contributed by atoms with van der Waals surface area (Å²) in [5.74, 6) is 5.99. The molecule has 0 spiro atoms. The summed E-state index contributed by atoms with van der Waals surface area (Å²) < 4.78 is 11.5. The van der Waals surface area contributed by atoms with Gasteiger partial charge in [-0.25, -0.2) is 0 Å². The fourth-order valence-electron chi connectivity index (χ4n) is 2.76. The molecule has 1 aliphatic rings. The average Bonchev–Trinajstić information content (AvgIpc) is 2.36. The summed E-state index contributed by atoms with van der Waals surface area (Å²) in [6.45, 7) is 11.9. The van der Waals surface area contributed by atoms with Crippen molar-refractivity contribution in [3.63, 3.8) is 0 Å². The summed E-state index contributed by atoms with van der Waals surface area (Å²) in [5, 5.41) is 0. The Morgan fingerprint density at radius 1 is 1.44 bits per heavy atom. The van der Waals surface area contributed by atoms with Crippen LogP contribution < -0.4 is 11.3 Å². The third-order valence-corrected chi connectivity index (χ3v) is 3.35. The maximum Gasteiger partial charge on any atom is 0.0679 e. The van der Waals surface area contributed by atoms with E-state index in [1.54, 1.807) is 0 Å². The summed E-state index contributed by atoms with van der Waals surface area (Å²) in [6.07, 6.45) is 1.00. The predicted octanol–water partition coefficient (Wildman–Crippen LogP) is 1.45. The van der Waals surface area contributed by atoms with E-state index < -0.39 is 0 Å². The molecular formula is C12H26N2O2. The van der Waals surface area contributed by atoms with Crippen LogP contribution in [0.4, 0.5) is 0 Å². The van der Waals surface area contributed by atoms with Gasteiger partial charge in [0.25, 0.3) is 0 Å². The Morgan fingerprint density at radius 2 is 2.06 bits per heavy atom. The van der Waals surface area contributed by atoms with Gasteiger partial charge in [0.1, 0.15) is 0 Å². The van der Waals surface area contributed by atoms with Gasteiger partial charge in [0.2, 0.25) is 0 Å². The average molecular weight is 230 g/mol. The zero-order valence-corrected chi connectivity index (χ0v) is 11.2. The Bertz CT molecular complexity index is 229. The molecule has 0 saturated carbocycles. The molecule has 1 rings (SSSR count). The van der Waals surface area contributed by atoms with Crippen molar-refractivity contribution in [2.45, 2.75) is 58.3 Å². The topological polar surface area (TPSA) is 56.5 Å². The Labute approximate surface area is 98.8 Å². The number of hydrazine groups is 1. The van der Waals surface area contributed by atoms with Crippen molar-refractivity contribution >= 4 is 0 Å². The van der Waals surface area contributed by atoms with Gasteiger partial charge in [-0.3, -0.25) is 11.3 Å². The molecule has 1 heterocycles. The molecule has 0 radical (unpaired) electrons. The fraction of sp³-hybridized carbons (Fsp3) is 1.00. The van der Waals surface area contributed by atoms with Crippen molar-refractivity contribution in [2.24, 2.45) is 11.8 Å². The zero-order chi connectivity index (χ0) is 12.4. The van der Waals surface area contributed by atoms with E-state index in [0.717, 1.165) is 13.0 Å². The van der Waals surface area contributed by atoms with Crippen LogP contribution >= 0.6 is 0 Å². The third kappa shape index (κ3) is 3.17. The van der Waals surface area contributed by atoms with Gasteiger partial charge in [-0.05, 0) is 41.0 Å². The van der Waals surface area contributed by atoms with Crippen LogP contribution in [0.1, 0.15) is 41.0 Å². The molecule has 16 heavy (non-hydrogen) atoms. The normalized spacial score (nSPS) is 29.2. The van der Waals surface area contributed by atoms with Crippen LogP contribution in [0.5, 0.6) is 0 Å². The summed E-state index contributed by atoms with van der Waals surface area (Å²) in [4.78, 5) is 0. The van der Waals surface area contributed by atoms with Gasteiger partial charge in [0.15, 0.2) is 0 Å². The second-order valence-electron chi connectivity index (χ2n) is 5.71. The first-order chi connectivity index (χ1) is 7.32. The van der Waals surface area contributed by atoms with Gasteiger partial charge in [-0.1, -0.05) is 0 Å². The van der Waals surface area contributed by atoms with Crippen molar-refractivity contribution in [1.29, 1.82) is 0 Å². The number of nitrogens with one attached hydrogen (secondary N) is 1. The number of hydrogen-bond acceptors (Lipinski definition) is 4. The summed E-state index contributed by atoms with van der Waals surface area (Å²) in [5.41, 5.74) is 2.64. The summed E-state index contributed by atoms with van der Waals surface area (Å²) >= 11 is 0.